The molecule has 0 spiro atoms. The number of hydrogen-bond donors (Lipinski definition) is 0. The van der Waals surface area contributed by atoms with E-state index in [0.717, 1.165) is 34.4 Å². The van der Waals surface area contributed by atoms with Crippen molar-refractivity contribution in [2.45, 2.75) is 19.4 Å². The maximum absolute atomic E-state index is 10.8. The molecule has 2 bridgehead atoms. The Kier molecular flexibility index (Phi) is 5.89. The maximum Gasteiger partial charge on any atom is 0.122 e. The first-order chi connectivity index (χ1) is 14.3. The van der Waals surface area contributed by atoms with Gasteiger partial charge in [-0.2, -0.15) is 5.10 Å². The molecule has 29 heavy (non-hydrogen) atoms. The predicted octanol–water partition coefficient (Wildman–Crippen LogP) is 3.81. The molecule has 4 rings (SSSR count). The van der Waals surface area contributed by atoms with Crippen LogP contribution >= 0.6 is 0 Å². The molecule has 1 aromatic heterocycles. The van der Waals surface area contributed by atoms with E-state index >= 15 is 0 Å². The molecule has 5 heteroatoms. The van der Waals surface area contributed by atoms with Gasteiger partial charge < -0.3 is 14.4 Å². The first kappa shape index (κ1) is 18.8. The largest absolute Gasteiger partial charge is 0.491 e. The van der Waals surface area contributed by atoms with Crippen LogP contribution in [0.4, 0.5) is 0 Å². The Labute approximate surface area is 170 Å². The van der Waals surface area contributed by atoms with Crippen molar-refractivity contribution in [2.75, 3.05) is 13.2 Å². The summed E-state index contributed by atoms with van der Waals surface area (Å²) < 4.78 is 8.04. The Morgan fingerprint density at radius 2 is 2.10 bits per heavy atom. The molecule has 1 aliphatic heterocycles. The van der Waals surface area contributed by atoms with Crippen molar-refractivity contribution >= 4 is 6.29 Å². The third kappa shape index (κ3) is 4.84. The van der Waals surface area contributed by atoms with Crippen molar-refractivity contribution in [2.24, 2.45) is 0 Å². The average molecular weight is 385 g/mol. The van der Waals surface area contributed by atoms with Crippen LogP contribution in [-0.4, -0.2) is 34.1 Å². The topological polar surface area (TPSA) is 47.4 Å². The summed E-state index contributed by atoms with van der Waals surface area (Å²) in [6, 6.07) is 8.09. The van der Waals surface area contributed by atoms with E-state index < -0.39 is 0 Å². The zero-order chi connectivity index (χ0) is 19.9. The summed E-state index contributed by atoms with van der Waals surface area (Å²) in [5.74, 6) is 0.834. The lowest BCUT2D eigenvalue weighted by molar-refractivity contribution is -0.107. The van der Waals surface area contributed by atoms with Gasteiger partial charge in [0.05, 0.1) is 18.8 Å². The van der Waals surface area contributed by atoms with Crippen LogP contribution in [0, 0.1) is 0 Å². The Balaban J connectivity index is 1.44. The Morgan fingerprint density at radius 1 is 1.17 bits per heavy atom. The van der Waals surface area contributed by atoms with Gasteiger partial charge in [-0.1, -0.05) is 30.0 Å². The lowest BCUT2D eigenvalue weighted by atomic mass is 10.1. The third-order valence-electron chi connectivity index (χ3n) is 4.81. The van der Waals surface area contributed by atoms with E-state index in [4.69, 9.17) is 4.74 Å². The van der Waals surface area contributed by atoms with Gasteiger partial charge in [-0.15, -0.1) is 0 Å². The SMILES string of the molecule is O=CCCc1ccc(Cn2cccn2)cc1OCCN1C=CC2=C=C1C=CC=C2. The number of aryl methyl sites for hydroxylation is 1. The second-order valence-corrected chi connectivity index (χ2v) is 6.89. The molecule has 0 fully saturated rings. The number of rotatable bonds is 9. The van der Waals surface area contributed by atoms with Gasteiger partial charge in [0.1, 0.15) is 18.6 Å². The van der Waals surface area contributed by atoms with Crippen molar-refractivity contribution in [3.8, 4) is 5.75 Å². The molecule has 1 aromatic carbocycles. The summed E-state index contributed by atoms with van der Waals surface area (Å²) in [6.07, 6.45) is 18.1. The van der Waals surface area contributed by atoms with Crippen LogP contribution in [0.3, 0.4) is 0 Å². The third-order valence-corrected chi connectivity index (χ3v) is 4.81. The molecule has 2 aromatic rings. The molecule has 0 atom stereocenters. The molecule has 0 saturated carbocycles. The van der Waals surface area contributed by atoms with Crippen LogP contribution in [0.25, 0.3) is 0 Å². The summed E-state index contributed by atoms with van der Waals surface area (Å²) >= 11 is 0. The van der Waals surface area contributed by atoms with E-state index in [9.17, 15) is 4.79 Å². The highest BCUT2D eigenvalue weighted by atomic mass is 16.5. The first-order valence-electron chi connectivity index (χ1n) is 9.78. The van der Waals surface area contributed by atoms with Gasteiger partial charge in [-0.3, -0.25) is 4.68 Å². The number of carbonyl (C=O) groups is 1. The van der Waals surface area contributed by atoms with E-state index in [0.29, 0.717) is 32.5 Å². The molecule has 2 aliphatic rings. The van der Waals surface area contributed by atoms with Crippen molar-refractivity contribution in [1.29, 1.82) is 0 Å². The van der Waals surface area contributed by atoms with Gasteiger partial charge in [-0.05, 0) is 47.9 Å². The monoisotopic (exact) mass is 385 g/mol. The second kappa shape index (κ2) is 9.09. The van der Waals surface area contributed by atoms with Crippen molar-refractivity contribution < 1.29 is 9.53 Å². The van der Waals surface area contributed by atoms with Gasteiger partial charge in [0, 0.05) is 30.6 Å². The van der Waals surface area contributed by atoms with E-state index in [-0.39, 0.29) is 0 Å². The number of benzene rings is 1. The maximum atomic E-state index is 10.8. The minimum atomic E-state index is 0.488. The Bertz CT molecular complexity index is 1020. The number of aldehydes is 1. The first-order valence-corrected chi connectivity index (χ1v) is 9.78. The van der Waals surface area contributed by atoms with Crippen LogP contribution in [0.15, 0.2) is 90.2 Å². The fourth-order valence-corrected chi connectivity index (χ4v) is 3.34. The molecule has 5 nitrogen and oxygen atoms in total. The van der Waals surface area contributed by atoms with E-state index in [1.54, 1.807) is 6.20 Å². The van der Waals surface area contributed by atoms with Crippen molar-refractivity contribution in [3.05, 3.63) is 101 Å². The molecule has 1 aliphatic carbocycles. The standard InChI is InChI=1S/C24H23N3O2/c28-15-3-6-22-9-8-21(19-27-12-4-11-25-27)18-24(22)29-16-14-26-13-10-20-5-1-2-7-23(26)17-20/h1-2,4-5,7-13,15,18H,3,6,14,16,19H2. The van der Waals surface area contributed by atoms with Gasteiger partial charge in [0.15, 0.2) is 0 Å². The Morgan fingerprint density at radius 3 is 2.97 bits per heavy atom. The van der Waals surface area contributed by atoms with Gasteiger partial charge >= 0.3 is 0 Å². The normalized spacial score (nSPS) is 14.4. The van der Waals surface area contributed by atoms with Crippen LogP contribution in [0.1, 0.15) is 17.5 Å². The van der Waals surface area contributed by atoms with Crippen LogP contribution in [-0.2, 0) is 17.8 Å². The highest BCUT2D eigenvalue weighted by molar-refractivity contribution is 5.51. The molecule has 2 heterocycles. The van der Waals surface area contributed by atoms with Crippen LogP contribution < -0.4 is 4.74 Å². The summed E-state index contributed by atoms with van der Waals surface area (Å²) in [6.45, 7) is 1.93. The summed E-state index contributed by atoms with van der Waals surface area (Å²) in [4.78, 5) is 13.0. The zero-order valence-electron chi connectivity index (χ0n) is 16.2. The summed E-state index contributed by atoms with van der Waals surface area (Å²) in [7, 11) is 0. The molecule has 0 saturated heterocycles. The smallest absolute Gasteiger partial charge is 0.122 e. The minimum Gasteiger partial charge on any atom is -0.491 e. The number of hydrogen-bond acceptors (Lipinski definition) is 4. The molecular weight excluding hydrogens is 362 g/mol. The number of allylic oxidation sites excluding steroid dienone is 5. The van der Waals surface area contributed by atoms with E-state index in [1.807, 2.05) is 47.3 Å². The number of ether oxygens (including phenoxy) is 1. The molecule has 0 amide bonds. The molecule has 0 unspecified atom stereocenters. The lowest BCUT2D eigenvalue weighted by Gasteiger charge is -2.22. The fraction of sp³-hybridized carbons (Fsp3) is 0.208. The second-order valence-electron chi connectivity index (χ2n) is 6.89. The number of carbonyl (C=O) groups excluding carboxylic acids is 1. The summed E-state index contributed by atoms with van der Waals surface area (Å²) in [5, 5.41) is 4.27. The fourth-order valence-electron chi connectivity index (χ4n) is 3.34. The Hall–Kier alpha value is -3.56. The summed E-state index contributed by atoms with van der Waals surface area (Å²) in [5.41, 5.74) is 7.65. The molecule has 146 valence electrons. The van der Waals surface area contributed by atoms with Gasteiger partial charge in [0.25, 0.3) is 0 Å². The predicted molar refractivity (Wildman–Crippen MR) is 112 cm³/mol. The highest BCUT2D eigenvalue weighted by Crippen LogP contribution is 2.23. The lowest BCUT2D eigenvalue weighted by Crippen LogP contribution is -2.23. The molecule has 0 N–H and O–H groups in total. The minimum absolute atomic E-state index is 0.488. The van der Waals surface area contributed by atoms with Crippen LogP contribution in [0.5, 0.6) is 5.75 Å². The molecular formula is C24H23N3O2. The van der Waals surface area contributed by atoms with Gasteiger partial charge in [0.2, 0.25) is 0 Å². The highest BCUT2D eigenvalue weighted by Gasteiger charge is 2.11. The van der Waals surface area contributed by atoms with E-state index in [1.165, 1.54) is 0 Å². The quantitative estimate of drug-likeness (QED) is 0.487. The van der Waals surface area contributed by atoms with Crippen molar-refractivity contribution in [1.82, 2.24) is 14.7 Å². The molecule has 0 radical (unpaired) electrons. The van der Waals surface area contributed by atoms with E-state index in [2.05, 4.69) is 40.1 Å². The van der Waals surface area contributed by atoms with Crippen molar-refractivity contribution in [3.63, 3.8) is 0 Å². The zero-order valence-corrected chi connectivity index (χ0v) is 16.2. The van der Waals surface area contributed by atoms with Gasteiger partial charge in [-0.25, -0.2) is 0 Å². The average Bonchev–Trinajstić information content (AvgIpc) is 3.17. The number of aromatic nitrogens is 2. The number of nitrogens with zero attached hydrogens (tertiary/aromatic N) is 3. The van der Waals surface area contributed by atoms with Crippen LogP contribution in [0.2, 0.25) is 0 Å².